The smallest absolute Gasteiger partial charge is 0.306 e. The lowest BCUT2D eigenvalue weighted by molar-refractivity contribution is -0.140. The first-order valence-corrected chi connectivity index (χ1v) is 7.72. The van der Waals surface area contributed by atoms with Gasteiger partial charge < -0.3 is 14.4 Å². The first-order chi connectivity index (χ1) is 8.86. The molecule has 1 amide bonds. The van der Waals surface area contributed by atoms with E-state index in [0.29, 0.717) is 26.3 Å². The van der Waals surface area contributed by atoms with Crippen LogP contribution in [0.25, 0.3) is 0 Å². The third-order valence-corrected chi connectivity index (χ3v) is 5.03. The number of carbonyl (C=O) groups excluding carboxylic acids is 2. The standard InChI is InChI=1S/C11H19NO6S/c1-9(7-11(14)17-2)19(15,16)8-10(13)12-3-5-18-6-4-12/h9H,3-8H2,1-2H3. The zero-order valence-electron chi connectivity index (χ0n) is 11.1. The Hall–Kier alpha value is -1.15. The van der Waals surface area contributed by atoms with E-state index in [1.54, 1.807) is 0 Å². The minimum atomic E-state index is -3.65. The number of sulfone groups is 1. The molecule has 110 valence electrons. The average molecular weight is 293 g/mol. The summed E-state index contributed by atoms with van der Waals surface area (Å²) in [6, 6.07) is 0. The number of nitrogens with zero attached hydrogens (tertiary/aromatic N) is 1. The van der Waals surface area contributed by atoms with Crippen molar-refractivity contribution in [2.24, 2.45) is 0 Å². The van der Waals surface area contributed by atoms with Crippen molar-refractivity contribution < 1.29 is 27.5 Å². The second kappa shape index (κ2) is 6.85. The highest BCUT2D eigenvalue weighted by Crippen LogP contribution is 2.09. The number of morpholine rings is 1. The molecule has 0 aliphatic carbocycles. The van der Waals surface area contributed by atoms with Crippen LogP contribution in [-0.4, -0.2) is 69.6 Å². The Labute approximate surface area is 112 Å². The van der Waals surface area contributed by atoms with Crippen LogP contribution in [0.5, 0.6) is 0 Å². The molecule has 0 spiro atoms. The van der Waals surface area contributed by atoms with Crippen LogP contribution >= 0.6 is 0 Å². The molecule has 19 heavy (non-hydrogen) atoms. The van der Waals surface area contributed by atoms with E-state index in [1.807, 2.05) is 0 Å². The molecule has 0 aromatic carbocycles. The van der Waals surface area contributed by atoms with E-state index in [-0.39, 0.29) is 6.42 Å². The van der Waals surface area contributed by atoms with Gasteiger partial charge in [0.15, 0.2) is 9.84 Å². The fourth-order valence-corrected chi connectivity index (χ4v) is 2.86. The minimum Gasteiger partial charge on any atom is -0.469 e. The summed E-state index contributed by atoms with van der Waals surface area (Å²) in [5, 5.41) is -0.926. The van der Waals surface area contributed by atoms with E-state index in [1.165, 1.54) is 18.9 Å². The van der Waals surface area contributed by atoms with E-state index in [9.17, 15) is 18.0 Å². The normalized spacial score (nSPS) is 17.9. The Morgan fingerprint density at radius 2 is 1.89 bits per heavy atom. The van der Waals surface area contributed by atoms with Crippen LogP contribution in [-0.2, 0) is 28.9 Å². The topological polar surface area (TPSA) is 90.0 Å². The van der Waals surface area contributed by atoms with Crippen molar-refractivity contribution in [3.63, 3.8) is 0 Å². The Bertz CT molecular complexity index is 426. The van der Waals surface area contributed by atoms with Gasteiger partial charge >= 0.3 is 5.97 Å². The lowest BCUT2D eigenvalue weighted by atomic mass is 10.3. The number of amides is 1. The molecule has 0 bridgehead atoms. The fourth-order valence-electron chi connectivity index (χ4n) is 1.66. The number of carbonyl (C=O) groups is 2. The van der Waals surface area contributed by atoms with Gasteiger partial charge in [-0.1, -0.05) is 0 Å². The van der Waals surface area contributed by atoms with Crippen LogP contribution in [0.2, 0.25) is 0 Å². The van der Waals surface area contributed by atoms with Gasteiger partial charge in [0.25, 0.3) is 0 Å². The third kappa shape index (κ3) is 4.79. The quantitative estimate of drug-likeness (QED) is 0.617. The van der Waals surface area contributed by atoms with E-state index in [4.69, 9.17) is 4.74 Å². The molecule has 1 unspecified atom stereocenters. The van der Waals surface area contributed by atoms with E-state index in [2.05, 4.69) is 4.74 Å². The van der Waals surface area contributed by atoms with E-state index < -0.39 is 32.7 Å². The van der Waals surface area contributed by atoms with Gasteiger partial charge in [-0.15, -0.1) is 0 Å². The highest BCUT2D eigenvalue weighted by atomic mass is 32.2. The summed E-state index contributed by atoms with van der Waals surface area (Å²) in [6.45, 7) is 3.05. The Balaban J connectivity index is 2.57. The van der Waals surface area contributed by atoms with Crippen molar-refractivity contribution in [3.05, 3.63) is 0 Å². The molecular formula is C11H19NO6S. The maximum absolute atomic E-state index is 11.9. The summed E-state index contributed by atoms with van der Waals surface area (Å²) in [5.74, 6) is -1.62. The summed E-state index contributed by atoms with van der Waals surface area (Å²) in [7, 11) is -2.45. The van der Waals surface area contributed by atoms with Crippen molar-refractivity contribution >= 4 is 21.7 Å². The van der Waals surface area contributed by atoms with Gasteiger partial charge in [-0.25, -0.2) is 8.42 Å². The van der Waals surface area contributed by atoms with Crippen LogP contribution in [0.15, 0.2) is 0 Å². The van der Waals surface area contributed by atoms with Gasteiger partial charge in [0.1, 0.15) is 5.75 Å². The van der Waals surface area contributed by atoms with Gasteiger partial charge in [0.2, 0.25) is 5.91 Å². The predicted octanol–water partition coefficient (Wildman–Crippen LogP) is -0.788. The van der Waals surface area contributed by atoms with Crippen LogP contribution in [0, 0.1) is 0 Å². The lowest BCUT2D eigenvalue weighted by Gasteiger charge is -2.27. The van der Waals surface area contributed by atoms with Crippen LogP contribution in [0.1, 0.15) is 13.3 Å². The molecule has 1 aliphatic rings. The van der Waals surface area contributed by atoms with Crippen LogP contribution in [0.3, 0.4) is 0 Å². The van der Waals surface area contributed by atoms with Gasteiger partial charge in [0, 0.05) is 13.1 Å². The summed E-state index contributed by atoms with van der Waals surface area (Å²) < 4.78 is 33.4. The molecule has 1 atom stereocenters. The molecule has 0 aromatic heterocycles. The van der Waals surface area contributed by atoms with E-state index in [0.717, 1.165) is 0 Å². The summed E-state index contributed by atoms with van der Waals surface area (Å²) in [5.41, 5.74) is 0. The van der Waals surface area contributed by atoms with Gasteiger partial charge in [-0.3, -0.25) is 9.59 Å². The van der Waals surface area contributed by atoms with Gasteiger partial charge in [0.05, 0.1) is 32.0 Å². The summed E-state index contributed by atoms with van der Waals surface area (Å²) >= 11 is 0. The zero-order valence-corrected chi connectivity index (χ0v) is 11.9. The second-order valence-corrected chi connectivity index (χ2v) is 6.81. The molecule has 1 fully saturated rings. The second-order valence-electron chi connectivity index (χ2n) is 4.39. The predicted molar refractivity (Wildman–Crippen MR) is 67.3 cm³/mol. The van der Waals surface area contributed by atoms with Crippen molar-refractivity contribution in [1.29, 1.82) is 0 Å². The summed E-state index contributed by atoms with van der Waals surface area (Å²) in [6.07, 6.45) is -0.241. The van der Waals surface area contributed by atoms with E-state index >= 15 is 0 Å². The third-order valence-electron chi connectivity index (χ3n) is 2.98. The van der Waals surface area contributed by atoms with Crippen molar-refractivity contribution in [2.75, 3.05) is 39.2 Å². The maximum Gasteiger partial charge on any atom is 0.306 e. The number of hydrogen-bond acceptors (Lipinski definition) is 6. The molecule has 1 heterocycles. The largest absolute Gasteiger partial charge is 0.469 e. The first kappa shape index (κ1) is 15.9. The monoisotopic (exact) mass is 293 g/mol. The molecule has 0 N–H and O–H groups in total. The molecule has 1 aliphatic heterocycles. The lowest BCUT2D eigenvalue weighted by Crippen LogP contribution is -2.44. The SMILES string of the molecule is COC(=O)CC(C)S(=O)(=O)CC(=O)N1CCOCC1. The number of esters is 1. The molecule has 7 nitrogen and oxygen atoms in total. The Kier molecular flexibility index (Phi) is 5.74. The molecule has 1 rings (SSSR count). The van der Waals surface area contributed by atoms with Gasteiger partial charge in [-0.2, -0.15) is 0 Å². The highest BCUT2D eigenvalue weighted by Gasteiger charge is 2.29. The zero-order chi connectivity index (χ0) is 14.5. The maximum atomic E-state index is 11.9. The van der Waals surface area contributed by atoms with Crippen molar-refractivity contribution in [1.82, 2.24) is 4.90 Å². The molecular weight excluding hydrogens is 274 g/mol. The number of methoxy groups -OCH3 is 1. The molecule has 1 saturated heterocycles. The number of hydrogen-bond donors (Lipinski definition) is 0. The highest BCUT2D eigenvalue weighted by molar-refractivity contribution is 7.92. The average Bonchev–Trinajstić information content (AvgIpc) is 2.39. The molecule has 0 saturated carbocycles. The minimum absolute atomic E-state index is 0.241. The first-order valence-electron chi connectivity index (χ1n) is 6.00. The van der Waals surface area contributed by atoms with Crippen LogP contribution in [0.4, 0.5) is 0 Å². The van der Waals surface area contributed by atoms with Crippen molar-refractivity contribution in [3.8, 4) is 0 Å². The molecule has 8 heteroatoms. The van der Waals surface area contributed by atoms with Crippen molar-refractivity contribution in [2.45, 2.75) is 18.6 Å². The number of rotatable bonds is 5. The summed E-state index contributed by atoms with van der Waals surface area (Å²) in [4.78, 5) is 24.4. The van der Waals surface area contributed by atoms with Gasteiger partial charge in [-0.05, 0) is 6.92 Å². The number of ether oxygens (including phenoxy) is 2. The Morgan fingerprint density at radius 1 is 1.32 bits per heavy atom. The molecule has 0 aromatic rings. The Morgan fingerprint density at radius 3 is 2.42 bits per heavy atom. The fraction of sp³-hybridized carbons (Fsp3) is 0.818. The van der Waals surface area contributed by atoms with Crippen LogP contribution < -0.4 is 0 Å². The molecule has 0 radical (unpaired) electrons.